The van der Waals surface area contributed by atoms with Crippen molar-refractivity contribution in [3.05, 3.63) is 23.8 Å². The Morgan fingerprint density at radius 3 is 1.67 bits per heavy atom. The van der Waals surface area contributed by atoms with Crippen molar-refractivity contribution in [1.29, 1.82) is 0 Å². The van der Waals surface area contributed by atoms with Crippen LogP contribution in [0.3, 0.4) is 0 Å². The maximum atomic E-state index is 12.6. The number of hydrogen-bond acceptors (Lipinski definition) is 3. The number of rotatable bonds is 18. The van der Waals surface area contributed by atoms with Crippen LogP contribution in [0.4, 0.5) is 0 Å². The lowest BCUT2D eigenvalue weighted by Gasteiger charge is -2.18. The summed E-state index contributed by atoms with van der Waals surface area (Å²) in [6.07, 6.45) is 18.8. The van der Waals surface area contributed by atoms with Crippen molar-refractivity contribution in [2.24, 2.45) is 0 Å². The van der Waals surface area contributed by atoms with Crippen LogP contribution in [0.2, 0.25) is 0 Å². The van der Waals surface area contributed by atoms with Crippen LogP contribution < -0.4 is 9.47 Å². The van der Waals surface area contributed by atoms with Crippen LogP contribution in [0.5, 0.6) is 11.5 Å². The second-order valence-electron chi connectivity index (χ2n) is 8.39. The van der Waals surface area contributed by atoms with Gasteiger partial charge in [-0.3, -0.25) is 4.79 Å². The zero-order valence-corrected chi connectivity index (χ0v) is 20.0. The van der Waals surface area contributed by atoms with Gasteiger partial charge in [0.15, 0.2) is 11.5 Å². The molecule has 0 aromatic heterocycles. The molecule has 1 aromatic carbocycles. The second kappa shape index (κ2) is 17.0. The molecule has 0 aliphatic carbocycles. The van der Waals surface area contributed by atoms with Gasteiger partial charge >= 0.3 is 0 Å². The van der Waals surface area contributed by atoms with Crippen LogP contribution in [0.1, 0.15) is 107 Å². The van der Waals surface area contributed by atoms with E-state index in [-0.39, 0.29) is 5.91 Å². The molecule has 0 aliphatic rings. The number of amides is 1. The summed E-state index contributed by atoms with van der Waals surface area (Å²) < 4.78 is 10.5. The molecule has 1 rings (SSSR count). The largest absolute Gasteiger partial charge is 0.493 e. The third-order valence-corrected chi connectivity index (χ3v) is 5.82. The van der Waals surface area contributed by atoms with E-state index in [1.54, 1.807) is 32.4 Å². The first kappa shape index (κ1) is 26.3. The third-order valence-electron chi connectivity index (χ3n) is 5.82. The first-order valence-corrected chi connectivity index (χ1v) is 12.1. The van der Waals surface area contributed by atoms with Crippen molar-refractivity contribution < 1.29 is 14.3 Å². The quantitative estimate of drug-likeness (QED) is 0.235. The van der Waals surface area contributed by atoms with Gasteiger partial charge in [-0.25, -0.2) is 0 Å². The average molecular weight is 420 g/mol. The van der Waals surface area contributed by atoms with Crippen LogP contribution in [-0.2, 0) is 0 Å². The molecule has 1 amide bonds. The van der Waals surface area contributed by atoms with Crippen molar-refractivity contribution in [1.82, 2.24) is 4.90 Å². The summed E-state index contributed by atoms with van der Waals surface area (Å²) in [6.45, 7) is 3.07. The molecule has 0 bridgehead atoms. The predicted octanol–water partition coefficient (Wildman–Crippen LogP) is 7.26. The molecule has 4 nitrogen and oxygen atoms in total. The maximum Gasteiger partial charge on any atom is 0.253 e. The molecule has 172 valence electrons. The van der Waals surface area contributed by atoms with E-state index in [9.17, 15) is 4.79 Å². The van der Waals surface area contributed by atoms with Gasteiger partial charge in [-0.05, 0) is 24.6 Å². The maximum absolute atomic E-state index is 12.6. The van der Waals surface area contributed by atoms with Crippen LogP contribution in [-0.4, -0.2) is 38.6 Å². The Bertz CT molecular complexity index is 573. The van der Waals surface area contributed by atoms with Crippen LogP contribution >= 0.6 is 0 Å². The fraction of sp³-hybridized carbons (Fsp3) is 0.731. The van der Waals surface area contributed by atoms with Gasteiger partial charge < -0.3 is 14.4 Å². The lowest BCUT2D eigenvalue weighted by atomic mass is 10.0. The van der Waals surface area contributed by atoms with Crippen molar-refractivity contribution in [3.63, 3.8) is 0 Å². The fourth-order valence-electron chi connectivity index (χ4n) is 3.83. The summed E-state index contributed by atoms with van der Waals surface area (Å²) in [4.78, 5) is 14.4. The number of carbonyl (C=O) groups is 1. The SMILES string of the molecule is CCCCCCCCCCCCCCCCN(C)C(=O)c1ccc(OC)c(OC)c1. The lowest BCUT2D eigenvalue weighted by molar-refractivity contribution is 0.0792. The molecule has 0 radical (unpaired) electrons. The summed E-state index contributed by atoms with van der Waals surface area (Å²) in [5.74, 6) is 1.27. The zero-order chi connectivity index (χ0) is 22.0. The molecule has 0 spiro atoms. The number of methoxy groups -OCH3 is 2. The van der Waals surface area contributed by atoms with E-state index in [1.165, 1.54) is 83.5 Å². The number of carbonyl (C=O) groups excluding carboxylic acids is 1. The molecule has 0 aliphatic heterocycles. The van der Waals surface area contributed by atoms with Gasteiger partial charge in [-0.15, -0.1) is 0 Å². The van der Waals surface area contributed by atoms with E-state index in [0.717, 1.165) is 13.0 Å². The Morgan fingerprint density at radius 1 is 0.733 bits per heavy atom. The van der Waals surface area contributed by atoms with Gasteiger partial charge in [0.05, 0.1) is 14.2 Å². The van der Waals surface area contributed by atoms with Crippen molar-refractivity contribution in [2.75, 3.05) is 27.8 Å². The van der Waals surface area contributed by atoms with Gasteiger partial charge in [0.25, 0.3) is 5.91 Å². The summed E-state index contributed by atoms with van der Waals surface area (Å²) in [6, 6.07) is 5.33. The van der Waals surface area contributed by atoms with E-state index in [1.807, 2.05) is 11.9 Å². The van der Waals surface area contributed by atoms with Crippen LogP contribution in [0, 0.1) is 0 Å². The van der Waals surface area contributed by atoms with Gasteiger partial charge in [0, 0.05) is 19.2 Å². The van der Waals surface area contributed by atoms with E-state index >= 15 is 0 Å². The lowest BCUT2D eigenvalue weighted by Crippen LogP contribution is -2.27. The van der Waals surface area contributed by atoms with E-state index < -0.39 is 0 Å². The predicted molar refractivity (Wildman–Crippen MR) is 127 cm³/mol. The normalized spacial score (nSPS) is 10.8. The van der Waals surface area contributed by atoms with Crippen LogP contribution in [0.25, 0.3) is 0 Å². The second-order valence-corrected chi connectivity index (χ2v) is 8.39. The highest BCUT2D eigenvalue weighted by Crippen LogP contribution is 2.28. The van der Waals surface area contributed by atoms with Gasteiger partial charge in [0.2, 0.25) is 0 Å². The highest BCUT2D eigenvalue weighted by atomic mass is 16.5. The molecular formula is C26H45NO3. The van der Waals surface area contributed by atoms with Gasteiger partial charge in [-0.2, -0.15) is 0 Å². The summed E-state index contributed by atoms with van der Waals surface area (Å²) in [7, 11) is 5.06. The Hall–Kier alpha value is -1.71. The van der Waals surface area contributed by atoms with Crippen molar-refractivity contribution in [3.8, 4) is 11.5 Å². The third kappa shape index (κ3) is 10.9. The first-order chi connectivity index (χ1) is 14.6. The molecule has 0 saturated heterocycles. The van der Waals surface area contributed by atoms with Gasteiger partial charge in [-0.1, -0.05) is 90.4 Å². The van der Waals surface area contributed by atoms with Gasteiger partial charge in [0.1, 0.15) is 0 Å². The van der Waals surface area contributed by atoms with E-state index in [2.05, 4.69) is 6.92 Å². The average Bonchev–Trinajstić information content (AvgIpc) is 2.78. The minimum atomic E-state index is 0.0330. The van der Waals surface area contributed by atoms with Crippen molar-refractivity contribution in [2.45, 2.75) is 96.8 Å². The molecule has 0 heterocycles. The number of nitrogens with zero attached hydrogens (tertiary/aromatic N) is 1. The summed E-state index contributed by atoms with van der Waals surface area (Å²) in [5.41, 5.74) is 0.639. The monoisotopic (exact) mass is 419 g/mol. The Morgan fingerprint density at radius 2 is 1.20 bits per heavy atom. The summed E-state index contributed by atoms with van der Waals surface area (Å²) in [5, 5.41) is 0. The van der Waals surface area contributed by atoms with Crippen molar-refractivity contribution >= 4 is 5.91 Å². The highest BCUT2D eigenvalue weighted by molar-refractivity contribution is 5.94. The molecule has 30 heavy (non-hydrogen) atoms. The number of hydrogen-bond donors (Lipinski definition) is 0. The molecule has 1 aromatic rings. The van der Waals surface area contributed by atoms with Crippen LogP contribution in [0.15, 0.2) is 18.2 Å². The fourth-order valence-corrected chi connectivity index (χ4v) is 3.83. The Labute approximate surface area is 185 Å². The summed E-state index contributed by atoms with van der Waals surface area (Å²) >= 11 is 0. The molecule has 0 atom stereocenters. The molecule has 0 saturated carbocycles. The number of unbranched alkanes of at least 4 members (excludes halogenated alkanes) is 13. The molecule has 0 unspecified atom stereocenters. The standard InChI is InChI=1S/C26H45NO3/c1-5-6-7-8-9-10-11-12-13-14-15-16-17-18-21-27(2)26(28)23-19-20-24(29-3)25(22-23)30-4/h19-20,22H,5-18,21H2,1-4H3. The Kier molecular flexibility index (Phi) is 14.9. The molecule has 4 heteroatoms. The number of ether oxygens (including phenoxy) is 2. The highest BCUT2D eigenvalue weighted by Gasteiger charge is 2.14. The molecule has 0 N–H and O–H groups in total. The Balaban J connectivity index is 2.05. The minimum Gasteiger partial charge on any atom is -0.493 e. The zero-order valence-electron chi connectivity index (χ0n) is 20.0. The molecular weight excluding hydrogens is 374 g/mol. The van der Waals surface area contributed by atoms with E-state index in [0.29, 0.717) is 17.1 Å². The topological polar surface area (TPSA) is 38.8 Å². The minimum absolute atomic E-state index is 0.0330. The van der Waals surface area contributed by atoms with E-state index in [4.69, 9.17) is 9.47 Å². The first-order valence-electron chi connectivity index (χ1n) is 12.1. The smallest absolute Gasteiger partial charge is 0.253 e. The number of benzene rings is 1. The molecule has 0 fully saturated rings.